The van der Waals surface area contributed by atoms with Crippen LogP contribution in [-0.4, -0.2) is 21.5 Å². The van der Waals surface area contributed by atoms with Crippen LogP contribution in [0.15, 0.2) is 4.47 Å². The molecule has 1 N–H and O–H groups in total. The lowest BCUT2D eigenvalue weighted by atomic mass is 10.2. The second-order valence-electron chi connectivity index (χ2n) is 2.80. The highest BCUT2D eigenvalue weighted by molar-refractivity contribution is 9.10. The summed E-state index contributed by atoms with van der Waals surface area (Å²) in [6.07, 6.45) is 1.66. The fourth-order valence-electron chi connectivity index (χ4n) is 1.20. The molecule has 0 atom stereocenters. The highest BCUT2D eigenvalue weighted by Crippen LogP contribution is 2.20. The van der Waals surface area contributed by atoms with E-state index in [1.54, 1.807) is 0 Å². The molecular formula is C8H13BrN2O. The number of nitrogens with zero attached hydrogens (tertiary/aromatic N) is 2. The summed E-state index contributed by atoms with van der Waals surface area (Å²) in [6.45, 7) is 2.20. The lowest BCUT2D eigenvalue weighted by molar-refractivity contribution is 0.287. The Morgan fingerprint density at radius 3 is 2.67 bits per heavy atom. The van der Waals surface area contributed by atoms with Crippen LogP contribution in [0.5, 0.6) is 0 Å². The fourth-order valence-corrected chi connectivity index (χ4v) is 1.73. The van der Waals surface area contributed by atoms with Crippen molar-refractivity contribution >= 4 is 15.9 Å². The van der Waals surface area contributed by atoms with E-state index in [2.05, 4.69) is 21.0 Å². The van der Waals surface area contributed by atoms with Gasteiger partial charge in [-0.3, -0.25) is 4.68 Å². The van der Waals surface area contributed by atoms with Crippen LogP contribution in [0.1, 0.15) is 17.8 Å². The van der Waals surface area contributed by atoms with E-state index in [0.29, 0.717) is 0 Å². The average molecular weight is 233 g/mol. The van der Waals surface area contributed by atoms with Crippen LogP contribution in [0.3, 0.4) is 0 Å². The third-order valence-electron chi connectivity index (χ3n) is 1.83. The molecule has 1 rings (SSSR count). The van der Waals surface area contributed by atoms with E-state index >= 15 is 0 Å². The first-order chi connectivity index (χ1) is 5.66. The highest BCUT2D eigenvalue weighted by atomic mass is 79.9. The average Bonchev–Trinajstić information content (AvgIpc) is 2.25. The van der Waals surface area contributed by atoms with Crippen molar-refractivity contribution < 1.29 is 5.11 Å². The smallest absolute Gasteiger partial charge is 0.0738 e. The predicted octanol–water partition coefficient (Wildman–Crippen LogP) is 1.42. The van der Waals surface area contributed by atoms with Gasteiger partial charge in [0.25, 0.3) is 0 Å². The third kappa shape index (κ3) is 1.87. The molecule has 0 saturated heterocycles. The molecule has 0 radical (unpaired) electrons. The van der Waals surface area contributed by atoms with Gasteiger partial charge >= 0.3 is 0 Å². The lowest BCUT2D eigenvalue weighted by Crippen LogP contribution is -1.99. The molecule has 1 heterocycles. The van der Waals surface area contributed by atoms with Crippen molar-refractivity contribution in [2.75, 3.05) is 6.61 Å². The molecule has 12 heavy (non-hydrogen) atoms. The normalized spacial score (nSPS) is 10.7. The minimum absolute atomic E-state index is 0.233. The summed E-state index contributed by atoms with van der Waals surface area (Å²) in [5.74, 6) is 0. The maximum atomic E-state index is 8.67. The zero-order valence-electron chi connectivity index (χ0n) is 7.34. The Hall–Kier alpha value is -0.350. The number of aliphatic hydroxyl groups excluding tert-OH is 1. The Bertz CT molecular complexity index is 270. The van der Waals surface area contributed by atoms with Crippen LogP contribution in [0.25, 0.3) is 0 Å². The van der Waals surface area contributed by atoms with Gasteiger partial charge in [0.1, 0.15) is 0 Å². The minimum atomic E-state index is 0.233. The maximum Gasteiger partial charge on any atom is 0.0738 e. The quantitative estimate of drug-likeness (QED) is 0.857. The predicted molar refractivity (Wildman–Crippen MR) is 51.1 cm³/mol. The van der Waals surface area contributed by atoms with Crippen molar-refractivity contribution in [2.24, 2.45) is 7.05 Å². The standard InChI is InChI=1S/C8H13BrN2O/c1-6-8(9)7(4-3-5-12)11(2)10-6/h12H,3-5H2,1-2H3. The van der Waals surface area contributed by atoms with Crippen molar-refractivity contribution in [3.05, 3.63) is 15.9 Å². The number of hydrogen-bond acceptors (Lipinski definition) is 2. The Kier molecular flexibility index (Phi) is 3.29. The molecule has 0 aliphatic heterocycles. The minimum Gasteiger partial charge on any atom is -0.396 e. The number of hydrogen-bond donors (Lipinski definition) is 1. The highest BCUT2D eigenvalue weighted by Gasteiger charge is 2.08. The fraction of sp³-hybridized carbons (Fsp3) is 0.625. The van der Waals surface area contributed by atoms with E-state index in [0.717, 1.165) is 28.7 Å². The number of aryl methyl sites for hydroxylation is 2. The van der Waals surface area contributed by atoms with E-state index in [4.69, 9.17) is 5.11 Å². The molecule has 0 fully saturated rings. The van der Waals surface area contributed by atoms with Crippen LogP contribution in [0.4, 0.5) is 0 Å². The molecule has 0 aliphatic rings. The first kappa shape index (κ1) is 9.74. The van der Waals surface area contributed by atoms with Crippen molar-refractivity contribution in [3.8, 4) is 0 Å². The van der Waals surface area contributed by atoms with E-state index in [9.17, 15) is 0 Å². The molecule has 1 aromatic rings. The molecule has 0 amide bonds. The zero-order chi connectivity index (χ0) is 9.14. The third-order valence-corrected chi connectivity index (χ3v) is 2.86. The summed E-state index contributed by atoms with van der Waals surface area (Å²) in [5.41, 5.74) is 2.16. The Morgan fingerprint density at radius 2 is 2.25 bits per heavy atom. The Labute approximate surface area is 80.5 Å². The molecule has 0 aromatic carbocycles. The summed E-state index contributed by atoms with van der Waals surface area (Å²) >= 11 is 3.47. The molecule has 0 unspecified atom stereocenters. The van der Waals surface area contributed by atoms with Gasteiger partial charge in [0.15, 0.2) is 0 Å². The molecule has 4 heteroatoms. The summed E-state index contributed by atoms with van der Waals surface area (Å²) in [7, 11) is 1.92. The van der Waals surface area contributed by atoms with Gasteiger partial charge in [-0.1, -0.05) is 0 Å². The number of aromatic nitrogens is 2. The molecule has 68 valence electrons. The second kappa shape index (κ2) is 4.05. The van der Waals surface area contributed by atoms with Crippen molar-refractivity contribution in [2.45, 2.75) is 19.8 Å². The Balaban J connectivity index is 2.82. The Morgan fingerprint density at radius 1 is 1.58 bits per heavy atom. The number of aliphatic hydroxyl groups is 1. The summed E-state index contributed by atoms with van der Waals surface area (Å²) < 4.78 is 2.92. The van der Waals surface area contributed by atoms with Crippen LogP contribution in [0, 0.1) is 6.92 Å². The van der Waals surface area contributed by atoms with Crippen LogP contribution >= 0.6 is 15.9 Å². The largest absolute Gasteiger partial charge is 0.396 e. The molecule has 0 aliphatic carbocycles. The molecule has 0 saturated carbocycles. The molecule has 3 nitrogen and oxygen atoms in total. The molecular weight excluding hydrogens is 220 g/mol. The van der Waals surface area contributed by atoms with Crippen molar-refractivity contribution in [1.82, 2.24) is 9.78 Å². The summed E-state index contributed by atoms with van der Waals surface area (Å²) in [5, 5.41) is 12.9. The van der Waals surface area contributed by atoms with E-state index in [1.807, 2.05) is 18.7 Å². The topological polar surface area (TPSA) is 38.0 Å². The second-order valence-corrected chi connectivity index (χ2v) is 3.59. The van der Waals surface area contributed by atoms with Crippen LogP contribution in [-0.2, 0) is 13.5 Å². The first-order valence-electron chi connectivity index (χ1n) is 3.95. The summed E-state index contributed by atoms with van der Waals surface area (Å²) in [4.78, 5) is 0. The SMILES string of the molecule is Cc1nn(C)c(CCCO)c1Br. The number of halogens is 1. The van der Waals surface area contributed by atoms with Gasteiger partial charge in [-0.25, -0.2) is 0 Å². The van der Waals surface area contributed by atoms with Gasteiger partial charge in [-0.15, -0.1) is 0 Å². The van der Waals surface area contributed by atoms with Gasteiger partial charge < -0.3 is 5.11 Å². The summed E-state index contributed by atoms with van der Waals surface area (Å²) in [6, 6.07) is 0. The first-order valence-corrected chi connectivity index (χ1v) is 4.75. The number of rotatable bonds is 3. The van der Waals surface area contributed by atoms with Crippen LogP contribution < -0.4 is 0 Å². The van der Waals surface area contributed by atoms with Gasteiger partial charge in [-0.05, 0) is 35.7 Å². The zero-order valence-corrected chi connectivity index (χ0v) is 8.93. The van der Waals surface area contributed by atoms with E-state index in [-0.39, 0.29) is 6.61 Å². The van der Waals surface area contributed by atoms with Crippen LogP contribution in [0.2, 0.25) is 0 Å². The van der Waals surface area contributed by atoms with Gasteiger partial charge in [0.05, 0.1) is 15.9 Å². The maximum absolute atomic E-state index is 8.67. The van der Waals surface area contributed by atoms with Crippen molar-refractivity contribution in [3.63, 3.8) is 0 Å². The van der Waals surface area contributed by atoms with Gasteiger partial charge in [0, 0.05) is 13.7 Å². The molecule has 0 spiro atoms. The molecule has 1 aromatic heterocycles. The lowest BCUT2D eigenvalue weighted by Gasteiger charge is -2.00. The molecule has 0 bridgehead atoms. The van der Waals surface area contributed by atoms with Gasteiger partial charge in [0.2, 0.25) is 0 Å². The van der Waals surface area contributed by atoms with E-state index in [1.165, 1.54) is 0 Å². The monoisotopic (exact) mass is 232 g/mol. The van der Waals surface area contributed by atoms with Crippen molar-refractivity contribution in [1.29, 1.82) is 0 Å². The van der Waals surface area contributed by atoms with E-state index < -0.39 is 0 Å². The van der Waals surface area contributed by atoms with Gasteiger partial charge in [-0.2, -0.15) is 5.10 Å².